The van der Waals surface area contributed by atoms with Gasteiger partial charge in [-0.3, -0.25) is 19.2 Å². The van der Waals surface area contributed by atoms with E-state index in [0.29, 0.717) is 58.3 Å². The number of fused-ring (bicyclic) bond motifs is 3. The van der Waals surface area contributed by atoms with E-state index in [1.807, 2.05) is 66.9 Å². The third-order valence-corrected chi connectivity index (χ3v) is 8.82. The molecule has 0 bridgehead atoms. The molecule has 47 heavy (non-hydrogen) atoms. The molecule has 5 aromatic rings. The molecule has 4 aromatic carbocycles. The number of para-hydroxylation sites is 3. The number of hydrogen-bond acceptors (Lipinski definition) is 7. The van der Waals surface area contributed by atoms with Gasteiger partial charge in [0, 0.05) is 35.6 Å². The van der Waals surface area contributed by atoms with Crippen molar-refractivity contribution in [2.75, 3.05) is 16.8 Å². The Morgan fingerprint density at radius 2 is 1.70 bits per heavy atom. The Morgan fingerprint density at radius 3 is 2.51 bits per heavy atom. The largest absolute Gasteiger partial charge is 0.454 e. The summed E-state index contributed by atoms with van der Waals surface area (Å²) in [7, 11) is 0. The van der Waals surface area contributed by atoms with Crippen molar-refractivity contribution in [1.29, 1.82) is 0 Å². The van der Waals surface area contributed by atoms with Gasteiger partial charge in [-0.15, -0.1) is 5.10 Å². The highest BCUT2D eigenvalue weighted by atomic mass is 16.5. The van der Waals surface area contributed by atoms with E-state index >= 15 is 0 Å². The van der Waals surface area contributed by atoms with Gasteiger partial charge < -0.3 is 20.3 Å². The van der Waals surface area contributed by atoms with Crippen molar-refractivity contribution >= 4 is 28.9 Å². The smallest absolute Gasteiger partial charge is 0.266 e. The fourth-order valence-corrected chi connectivity index (χ4v) is 6.24. The first-order valence-electron chi connectivity index (χ1n) is 15.5. The van der Waals surface area contributed by atoms with Crippen LogP contribution < -0.4 is 15.0 Å². The average Bonchev–Trinajstić information content (AvgIpc) is 3.63. The highest BCUT2D eigenvalue weighted by Gasteiger charge is 2.49. The fraction of sp³-hybridized carbons (Fsp3) is 0.189. The minimum absolute atomic E-state index is 0.0799. The van der Waals surface area contributed by atoms with Gasteiger partial charge in [-0.25, -0.2) is 0 Å². The second-order valence-corrected chi connectivity index (χ2v) is 11.7. The van der Waals surface area contributed by atoms with Crippen LogP contribution in [0.4, 0.5) is 17.1 Å². The zero-order valence-electron chi connectivity index (χ0n) is 25.7. The molecule has 10 nitrogen and oxygen atoms in total. The van der Waals surface area contributed by atoms with Gasteiger partial charge in [0.1, 0.15) is 5.75 Å². The quantitative estimate of drug-likeness (QED) is 0.173. The highest BCUT2D eigenvalue weighted by Crippen LogP contribution is 2.47. The molecule has 3 heterocycles. The maximum Gasteiger partial charge on any atom is 0.266 e. The van der Waals surface area contributed by atoms with Crippen LogP contribution in [0.25, 0.3) is 0 Å². The fourth-order valence-electron chi connectivity index (χ4n) is 6.24. The molecule has 3 N–H and O–H groups in total. The molecule has 2 aliphatic rings. The second kappa shape index (κ2) is 12.3. The normalized spacial score (nSPS) is 18.1. The van der Waals surface area contributed by atoms with Crippen LogP contribution in [0.1, 0.15) is 46.4 Å². The average molecular weight is 628 g/mol. The molecule has 0 fully saturated rings. The molecule has 3 atom stereocenters. The number of hydrogen-bond donors (Lipinski definition) is 3. The van der Waals surface area contributed by atoms with E-state index in [1.54, 1.807) is 65.0 Å². The third kappa shape index (κ3) is 5.37. The van der Waals surface area contributed by atoms with Gasteiger partial charge in [-0.1, -0.05) is 78.9 Å². The van der Waals surface area contributed by atoms with Crippen molar-refractivity contribution in [3.63, 3.8) is 0 Å². The summed E-state index contributed by atoms with van der Waals surface area (Å²) >= 11 is 0. The minimum Gasteiger partial charge on any atom is -0.454 e. The number of aromatic nitrogens is 3. The minimum atomic E-state index is -1.87. The van der Waals surface area contributed by atoms with Crippen LogP contribution in [-0.4, -0.2) is 43.6 Å². The highest BCUT2D eigenvalue weighted by molar-refractivity contribution is 6.14. The van der Waals surface area contributed by atoms with Gasteiger partial charge in [0.2, 0.25) is 0 Å². The Bertz CT molecular complexity index is 1990. The van der Waals surface area contributed by atoms with Crippen LogP contribution in [0.15, 0.2) is 115 Å². The molecule has 7 rings (SSSR count). The molecule has 10 heteroatoms. The summed E-state index contributed by atoms with van der Waals surface area (Å²) in [5.41, 5.74) is 2.09. The number of ether oxygens (including phenoxy) is 1. The maximum absolute atomic E-state index is 13.9. The summed E-state index contributed by atoms with van der Waals surface area (Å²) in [6, 6.07) is 29.2. The lowest BCUT2D eigenvalue weighted by Gasteiger charge is -2.28. The lowest BCUT2D eigenvalue weighted by Crippen LogP contribution is -2.39. The number of allylic oxidation sites excluding steroid dienone is 1. The third-order valence-electron chi connectivity index (χ3n) is 8.82. The lowest BCUT2D eigenvalue weighted by atomic mass is 9.82. The van der Waals surface area contributed by atoms with Crippen LogP contribution in [-0.2, 0) is 16.9 Å². The zero-order valence-corrected chi connectivity index (χ0v) is 25.7. The molecular weight excluding hydrogens is 594 g/mol. The van der Waals surface area contributed by atoms with Gasteiger partial charge >= 0.3 is 0 Å². The number of amides is 2. The monoisotopic (exact) mass is 627 g/mol. The van der Waals surface area contributed by atoms with Gasteiger partial charge in [-0.05, 0) is 54.4 Å². The van der Waals surface area contributed by atoms with Gasteiger partial charge in [0.25, 0.3) is 11.8 Å². The number of nitrogens with zero attached hydrogens (tertiary/aromatic N) is 4. The summed E-state index contributed by atoms with van der Waals surface area (Å²) in [6.07, 6.45) is 6.12. The van der Waals surface area contributed by atoms with Crippen molar-refractivity contribution in [3.05, 3.63) is 138 Å². The summed E-state index contributed by atoms with van der Waals surface area (Å²) in [4.78, 5) is 28.8. The Balaban J connectivity index is 1.11. The van der Waals surface area contributed by atoms with E-state index in [4.69, 9.17) is 4.74 Å². The molecule has 1 unspecified atom stereocenters. The number of carbonyl (C=O) groups is 2. The number of aliphatic hydroxyl groups excluding tert-OH is 1. The first kappa shape index (κ1) is 30.1. The molecule has 2 amide bonds. The number of aliphatic hydroxyl groups is 2. The van der Waals surface area contributed by atoms with E-state index in [0.717, 1.165) is 5.56 Å². The van der Waals surface area contributed by atoms with Crippen LogP contribution in [0, 0.1) is 5.92 Å². The topological polar surface area (TPSA) is 130 Å². The summed E-state index contributed by atoms with van der Waals surface area (Å²) in [5, 5.41) is 33.2. The van der Waals surface area contributed by atoms with Gasteiger partial charge in [0.05, 0.1) is 29.5 Å². The number of benzene rings is 4. The maximum atomic E-state index is 13.9. The summed E-state index contributed by atoms with van der Waals surface area (Å²) in [6.45, 7) is 2.23. The van der Waals surface area contributed by atoms with Crippen molar-refractivity contribution < 1.29 is 24.5 Å². The predicted octanol–water partition coefficient (Wildman–Crippen LogP) is 5.91. The first-order valence-corrected chi connectivity index (χ1v) is 15.5. The van der Waals surface area contributed by atoms with Crippen LogP contribution in [0.2, 0.25) is 0 Å². The number of aryl methyl sites for hydroxylation is 1. The zero-order chi connectivity index (χ0) is 32.5. The van der Waals surface area contributed by atoms with E-state index in [9.17, 15) is 19.8 Å². The summed E-state index contributed by atoms with van der Waals surface area (Å²) in [5.74, 6) is -0.718. The van der Waals surface area contributed by atoms with E-state index in [1.165, 1.54) is 0 Å². The van der Waals surface area contributed by atoms with Crippen LogP contribution in [0.5, 0.6) is 11.5 Å². The Hall–Kier alpha value is -5.58. The molecule has 0 saturated heterocycles. The van der Waals surface area contributed by atoms with Gasteiger partial charge in [0.15, 0.2) is 11.4 Å². The van der Waals surface area contributed by atoms with Crippen LogP contribution >= 0.6 is 0 Å². The van der Waals surface area contributed by atoms with Crippen molar-refractivity contribution in [2.24, 2.45) is 5.92 Å². The molecule has 2 aliphatic heterocycles. The van der Waals surface area contributed by atoms with Crippen molar-refractivity contribution in [2.45, 2.75) is 31.4 Å². The molecule has 0 saturated carbocycles. The van der Waals surface area contributed by atoms with Crippen molar-refractivity contribution in [1.82, 2.24) is 15.0 Å². The molecule has 1 aromatic heterocycles. The Kier molecular flexibility index (Phi) is 7.88. The second-order valence-electron chi connectivity index (χ2n) is 11.7. The standard InChI is InChI=1S/C37H33N5O5/c1-24(11-9-10-20-41-22-31(39-40-41)28(23-43)25-12-3-2-4-13-25)37(46)29-21-26(18-19-30(29)38-36(37)45)42-32-15-6-8-17-34(32)47-33-16-7-5-14-27(33)35(42)44/h2-9,11-19,21-22,24,28,43,46H,10,20,23H2,1H3,(H,38,45)/b11-9+/t24-,28?,37+/m1/s1. The number of nitrogens with one attached hydrogen (secondary N) is 1. The lowest BCUT2D eigenvalue weighted by molar-refractivity contribution is -0.137. The molecule has 0 radical (unpaired) electrons. The SMILES string of the molecule is C[C@H](/C=C/CCn1cc(C(CO)c2ccccc2)nn1)[C@@]1(O)C(=O)Nc2ccc(N3C(=O)c4ccccc4Oc4ccccc43)cc21. The Morgan fingerprint density at radius 1 is 0.957 bits per heavy atom. The molecule has 0 spiro atoms. The summed E-state index contributed by atoms with van der Waals surface area (Å²) < 4.78 is 7.85. The van der Waals surface area contributed by atoms with Gasteiger partial charge in [-0.2, -0.15) is 0 Å². The molecular formula is C37H33N5O5. The number of rotatable bonds is 9. The van der Waals surface area contributed by atoms with Crippen LogP contribution in [0.3, 0.4) is 0 Å². The first-order chi connectivity index (χ1) is 22.9. The predicted molar refractivity (Wildman–Crippen MR) is 177 cm³/mol. The Labute approximate surface area is 271 Å². The molecule has 0 aliphatic carbocycles. The van der Waals surface area contributed by atoms with E-state index in [2.05, 4.69) is 15.6 Å². The number of anilines is 3. The van der Waals surface area contributed by atoms with E-state index < -0.39 is 17.4 Å². The van der Waals surface area contributed by atoms with E-state index in [-0.39, 0.29) is 18.4 Å². The molecule has 236 valence electrons. The van der Waals surface area contributed by atoms with Crippen molar-refractivity contribution in [3.8, 4) is 11.5 Å². The number of carbonyl (C=O) groups excluding carboxylic acids is 2.